The van der Waals surface area contributed by atoms with E-state index in [0.717, 1.165) is 45.3 Å². The second-order valence-electron chi connectivity index (χ2n) is 7.65. The Kier molecular flexibility index (Phi) is 4.50. The number of likely N-dealkylation sites (tertiary alicyclic amines) is 1. The van der Waals surface area contributed by atoms with Crippen molar-refractivity contribution >= 4 is 21.4 Å². The van der Waals surface area contributed by atoms with Crippen LogP contribution in [0.15, 0.2) is 12.1 Å². The Morgan fingerprint density at radius 3 is 2.71 bits per heavy atom. The van der Waals surface area contributed by atoms with Crippen molar-refractivity contribution in [2.75, 3.05) is 26.2 Å². The number of ether oxygens (including phenoxy) is 1. The van der Waals surface area contributed by atoms with Crippen LogP contribution in [-0.4, -0.2) is 50.4 Å². The SMILES string of the molecule is Cc1ccc(CN2CC3(CCC(CNS(=O)(=O)C4CC4)CO3)C2)s1. The van der Waals surface area contributed by atoms with Gasteiger partial charge in [0.1, 0.15) is 0 Å². The molecule has 7 heteroatoms. The molecule has 4 rings (SSSR count). The maximum absolute atomic E-state index is 11.9. The Labute approximate surface area is 148 Å². The lowest BCUT2D eigenvalue weighted by atomic mass is 9.83. The molecule has 0 aromatic carbocycles. The largest absolute Gasteiger partial charge is 0.372 e. The number of aryl methyl sites for hydroxylation is 1. The molecule has 1 saturated carbocycles. The fourth-order valence-corrected chi connectivity index (χ4v) is 6.12. The number of rotatable bonds is 6. The van der Waals surface area contributed by atoms with Gasteiger partial charge in [0.15, 0.2) is 0 Å². The fraction of sp³-hybridized carbons (Fsp3) is 0.765. The van der Waals surface area contributed by atoms with Crippen LogP contribution in [0.1, 0.15) is 35.4 Å². The molecule has 1 unspecified atom stereocenters. The van der Waals surface area contributed by atoms with Crippen molar-refractivity contribution in [1.29, 1.82) is 0 Å². The van der Waals surface area contributed by atoms with Gasteiger partial charge in [0, 0.05) is 35.9 Å². The van der Waals surface area contributed by atoms with E-state index < -0.39 is 10.0 Å². The average Bonchev–Trinajstić information content (AvgIpc) is 3.30. The van der Waals surface area contributed by atoms with Gasteiger partial charge >= 0.3 is 0 Å². The van der Waals surface area contributed by atoms with Crippen LogP contribution in [0.3, 0.4) is 0 Å². The Bertz CT molecular complexity index is 680. The minimum absolute atomic E-state index is 0.0260. The molecule has 134 valence electrons. The highest BCUT2D eigenvalue weighted by Crippen LogP contribution is 2.37. The lowest BCUT2D eigenvalue weighted by Gasteiger charge is -2.52. The lowest BCUT2D eigenvalue weighted by Crippen LogP contribution is -2.64. The second kappa shape index (κ2) is 6.36. The molecule has 0 bridgehead atoms. The van der Waals surface area contributed by atoms with Crippen LogP contribution in [-0.2, 0) is 21.3 Å². The van der Waals surface area contributed by atoms with Gasteiger partial charge in [0.05, 0.1) is 17.5 Å². The Morgan fingerprint density at radius 2 is 2.12 bits per heavy atom. The second-order valence-corrected chi connectivity index (χ2v) is 11.1. The third-order valence-electron chi connectivity index (χ3n) is 5.37. The van der Waals surface area contributed by atoms with E-state index in [2.05, 4.69) is 28.7 Å². The molecule has 1 aliphatic carbocycles. The predicted molar refractivity (Wildman–Crippen MR) is 95.7 cm³/mol. The molecule has 5 nitrogen and oxygen atoms in total. The van der Waals surface area contributed by atoms with Crippen LogP contribution in [0.25, 0.3) is 0 Å². The Hall–Kier alpha value is -0.470. The molecule has 1 N–H and O–H groups in total. The monoisotopic (exact) mass is 370 g/mol. The first-order chi connectivity index (χ1) is 11.4. The molecule has 3 fully saturated rings. The summed E-state index contributed by atoms with van der Waals surface area (Å²) in [5.74, 6) is 0.318. The maximum atomic E-state index is 11.9. The maximum Gasteiger partial charge on any atom is 0.214 e. The molecular weight excluding hydrogens is 344 g/mol. The average molecular weight is 371 g/mol. The van der Waals surface area contributed by atoms with Crippen LogP contribution in [0.4, 0.5) is 0 Å². The van der Waals surface area contributed by atoms with Gasteiger partial charge < -0.3 is 4.74 Å². The summed E-state index contributed by atoms with van der Waals surface area (Å²) in [6.07, 6.45) is 3.74. The zero-order valence-electron chi connectivity index (χ0n) is 14.2. The van der Waals surface area contributed by atoms with E-state index in [9.17, 15) is 8.42 Å². The first kappa shape index (κ1) is 17.0. The van der Waals surface area contributed by atoms with Crippen molar-refractivity contribution in [3.63, 3.8) is 0 Å². The van der Waals surface area contributed by atoms with Crippen molar-refractivity contribution in [3.05, 3.63) is 21.9 Å². The summed E-state index contributed by atoms with van der Waals surface area (Å²) in [6.45, 7) is 6.39. The van der Waals surface area contributed by atoms with E-state index in [4.69, 9.17) is 4.74 Å². The van der Waals surface area contributed by atoms with Crippen molar-refractivity contribution in [2.24, 2.45) is 5.92 Å². The van der Waals surface area contributed by atoms with E-state index in [1.807, 2.05) is 11.3 Å². The number of nitrogens with zero attached hydrogens (tertiary/aromatic N) is 1. The summed E-state index contributed by atoms with van der Waals surface area (Å²) < 4.78 is 32.7. The highest BCUT2D eigenvalue weighted by atomic mass is 32.2. The summed E-state index contributed by atoms with van der Waals surface area (Å²) in [6, 6.07) is 4.40. The molecule has 2 saturated heterocycles. The third-order valence-corrected chi connectivity index (χ3v) is 8.27. The highest BCUT2D eigenvalue weighted by molar-refractivity contribution is 7.90. The number of sulfonamides is 1. The summed E-state index contributed by atoms with van der Waals surface area (Å²) in [4.78, 5) is 5.23. The van der Waals surface area contributed by atoms with Gasteiger partial charge in [-0.05, 0) is 50.7 Å². The molecule has 1 atom stereocenters. The van der Waals surface area contributed by atoms with Crippen molar-refractivity contribution in [1.82, 2.24) is 9.62 Å². The molecule has 1 aromatic rings. The highest BCUT2D eigenvalue weighted by Gasteiger charge is 2.46. The first-order valence-electron chi connectivity index (χ1n) is 8.84. The Morgan fingerprint density at radius 1 is 1.33 bits per heavy atom. The van der Waals surface area contributed by atoms with Gasteiger partial charge in [-0.2, -0.15) is 0 Å². The molecule has 0 radical (unpaired) electrons. The summed E-state index contributed by atoms with van der Waals surface area (Å²) in [5.41, 5.74) is 0.0260. The molecule has 1 aromatic heterocycles. The normalized spacial score (nSPS) is 27.3. The Balaban J connectivity index is 1.20. The molecule has 3 aliphatic rings. The van der Waals surface area contributed by atoms with Crippen LogP contribution in [0, 0.1) is 12.8 Å². The molecular formula is C17H26N2O3S2. The third kappa shape index (κ3) is 3.70. The first-order valence-corrected chi connectivity index (χ1v) is 11.2. The minimum Gasteiger partial charge on any atom is -0.372 e. The van der Waals surface area contributed by atoms with Gasteiger partial charge in [-0.3, -0.25) is 4.90 Å². The van der Waals surface area contributed by atoms with Crippen molar-refractivity contribution in [3.8, 4) is 0 Å². The summed E-state index contributed by atoms with van der Waals surface area (Å²) in [7, 11) is -3.06. The van der Waals surface area contributed by atoms with Gasteiger partial charge in [-0.15, -0.1) is 11.3 Å². The van der Waals surface area contributed by atoms with Crippen molar-refractivity contribution < 1.29 is 13.2 Å². The van der Waals surface area contributed by atoms with E-state index in [0.29, 0.717) is 19.1 Å². The summed E-state index contributed by atoms with van der Waals surface area (Å²) >= 11 is 1.87. The van der Waals surface area contributed by atoms with Gasteiger partial charge in [-0.25, -0.2) is 13.1 Å². The molecule has 0 amide bonds. The van der Waals surface area contributed by atoms with Crippen LogP contribution in [0.2, 0.25) is 0 Å². The number of hydrogen-bond donors (Lipinski definition) is 1. The number of thiophene rings is 1. The lowest BCUT2D eigenvalue weighted by molar-refractivity contribution is -0.180. The fourth-order valence-electron chi connectivity index (χ4n) is 3.73. The van der Waals surface area contributed by atoms with E-state index >= 15 is 0 Å². The van der Waals surface area contributed by atoms with Crippen LogP contribution >= 0.6 is 11.3 Å². The van der Waals surface area contributed by atoms with Crippen LogP contribution in [0.5, 0.6) is 0 Å². The number of nitrogens with one attached hydrogen (secondary N) is 1. The van der Waals surface area contributed by atoms with E-state index in [1.165, 1.54) is 9.75 Å². The molecule has 1 spiro atoms. The van der Waals surface area contributed by atoms with E-state index in [1.54, 1.807) is 0 Å². The zero-order valence-corrected chi connectivity index (χ0v) is 15.8. The van der Waals surface area contributed by atoms with Crippen molar-refractivity contribution in [2.45, 2.75) is 50.0 Å². The zero-order chi connectivity index (χ0) is 16.8. The number of hydrogen-bond acceptors (Lipinski definition) is 5. The standard InChI is InChI=1S/C17H26N2O3S2/c1-13-2-3-15(23-13)9-19-11-17(12-19)7-6-14(10-22-17)8-18-24(20,21)16-4-5-16/h2-3,14,16,18H,4-12H2,1H3. The molecule has 2 aliphatic heterocycles. The van der Waals surface area contributed by atoms with Gasteiger partial charge in [0.2, 0.25) is 10.0 Å². The van der Waals surface area contributed by atoms with Crippen LogP contribution < -0.4 is 4.72 Å². The van der Waals surface area contributed by atoms with E-state index in [-0.39, 0.29) is 10.9 Å². The predicted octanol–water partition coefficient (Wildman–Crippen LogP) is 2.12. The molecule has 24 heavy (non-hydrogen) atoms. The topological polar surface area (TPSA) is 58.6 Å². The smallest absolute Gasteiger partial charge is 0.214 e. The van der Waals surface area contributed by atoms with Gasteiger partial charge in [-0.1, -0.05) is 0 Å². The molecule has 3 heterocycles. The quantitative estimate of drug-likeness (QED) is 0.833. The summed E-state index contributed by atoms with van der Waals surface area (Å²) in [5, 5.41) is -0.130. The van der Waals surface area contributed by atoms with Gasteiger partial charge in [0.25, 0.3) is 0 Å². The minimum atomic E-state index is -3.06.